The van der Waals surface area contributed by atoms with Crippen LogP contribution in [-0.4, -0.2) is 6.54 Å². The highest BCUT2D eigenvalue weighted by Gasteiger charge is 2.16. The summed E-state index contributed by atoms with van der Waals surface area (Å²) in [6, 6.07) is 9.97. The van der Waals surface area contributed by atoms with E-state index in [1.54, 1.807) is 11.3 Å². The molecular formula is C15H16Cl3NS. The molecule has 1 atom stereocenters. The molecule has 2 aromatic rings. The zero-order chi connectivity index (χ0) is 14.5. The van der Waals surface area contributed by atoms with Crippen LogP contribution in [-0.2, 0) is 6.42 Å². The fraction of sp³-hybridized carbons (Fsp3) is 0.333. The zero-order valence-electron chi connectivity index (χ0n) is 11.1. The molecule has 0 saturated heterocycles. The Kier molecular flexibility index (Phi) is 6.19. The number of benzene rings is 1. The Labute approximate surface area is 138 Å². The highest BCUT2D eigenvalue weighted by atomic mass is 35.5. The van der Waals surface area contributed by atoms with Gasteiger partial charge in [-0.25, -0.2) is 0 Å². The third kappa shape index (κ3) is 4.12. The first-order valence-electron chi connectivity index (χ1n) is 6.53. The van der Waals surface area contributed by atoms with Gasteiger partial charge in [-0.05, 0) is 43.1 Å². The van der Waals surface area contributed by atoms with E-state index >= 15 is 0 Å². The van der Waals surface area contributed by atoms with E-state index in [1.807, 2.05) is 24.3 Å². The van der Waals surface area contributed by atoms with Crippen molar-refractivity contribution in [1.82, 2.24) is 5.32 Å². The van der Waals surface area contributed by atoms with Gasteiger partial charge in [-0.2, -0.15) is 0 Å². The molecule has 0 amide bonds. The number of nitrogens with one attached hydrogen (secondary N) is 1. The Bertz CT molecular complexity index is 568. The fourth-order valence-corrected chi connectivity index (χ4v) is 3.57. The molecule has 0 bridgehead atoms. The normalized spacial score (nSPS) is 12.6. The van der Waals surface area contributed by atoms with E-state index in [-0.39, 0.29) is 6.04 Å². The quantitative estimate of drug-likeness (QED) is 0.676. The van der Waals surface area contributed by atoms with E-state index in [2.05, 4.69) is 18.3 Å². The number of hydrogen-bond donors (Lipinski definition) is 1. The molecule has 5 heteroatoms. The molecule has 1 aromatic heterocycles. The van der Waals surface area contributed by atoms with Crippen molar-refractivity contribution < 1.29 is 0 Å². The lowest BCUT2D eigenvalue weighted by Gasteiger charge is -2.18. The van der Waals surface area contributed by atoms with Crippen LogP contribution >= 0.6 is 46.1 Å². The van der Waals surface area contributed by atoms with Crippen LogP contribution in [0.1, 0.15) is 29.8 Å². The van der Waals surface area contributed by atoms with Gasteiger partial charge in [-0.15, -0.1) is 11.3 Å². The maximum absolute atomic E-state index is 6.28. The highest BCUT2D eigenvalue weighted by molar-refractivity contribution is 7.16. The van der Waals surface area contributed by atoms with Crippen molar-refractivity contribution >= 4 is 46.1 Å². The van der Waals surface area contributed by atoms with Crippen LogP contribution in [0.4, 0.5) is 0 Å². The van der Waals surface area contributed by atoms with Crippen molar-refractivity contribution in [3.05, 3.63) is 55.2 Å². The molecule has 0 aliphatic rings. The van der Waals surface area contributed by atoms with Crippen molar-refractivity contribution in [2.45, 2.75) is 25.8 Å². The second-order valence-corrected chi connectivity index (χ2v) is 7.10. The second kappa shape index (κ2) is 7.67. The second-order valence-electron chi connectivity index (χ2n) is 4.57. The van der Waals surface area contributed by atoms with Gasteiger partial charge in [0.15, 0.2) is 0 Å². The van der Waals surface area contributed by atoms with Gasteiger partial charge in [0.25, 0.3) is 0 Å². The van der Waals surface area contributed by atoms with Gasteiger partial charge < -0.3 is 5.32 Å². The van der Waals surface area contributed by atoms with Gasteiger partial charge in [0.05, 0.1) is 14.4 Å². The van der Waals surface area contributed by atoms with E-state index in [4.69, 9.17) is 34.8 Å². The van der Waals surface area contributed by atoms with Crippen molar-refractivity contribution in [3.63, 3.8) is 0 Å². The molecular weight excluding hydrogens is 333 g/mol. The smallest absolute Gasteiger partial charge is 0.0931 e. The summed E-state index contributed by atoms with van der Waals surface area (Å²) in [5.41, 5.74) is 1.05. The summed E-state index contributed by atoms with van der Waals surface area (Å²) in [7, 11) is 0. The molecule has 0 spiro atoms. The van der Waals surface area contributed by atoms with Crippen molar-refractivity contribution in [2.24, 2.45) is 0 Å². The zero-order valence-corrected chi connectivity index (χ0v) is 14.2. The Hall–Kier alpha value is -0.250. The predicted octanol–water partition coefficient (Wildman–Crippen LogP) is 5.99. The third-order valence-electron chi connectivity index (χ3n) is 3.03. The third-order valence-corrected chi connectivity index (χ3v) is 5.24. The lowest BCUT2D eigenvalue weighted by molar-refractivity contribution is 0.536. The molecule has 0 saturated carbocycles. The molecule has 1 aromatic carbocycles. The highest BCUT2D eigenvalue weighted by Crippen LogP contribution is 2.32. The fourth-order valence-electron chi connectivity index (χ4n) is 2.03. The monoisotopic (exact) mass is 347 g/mol. The van der Waals surface area contributed by atoms with Crippen LogP contribution in [0.2, 0.25) is 14.4 Å². The Morgan fingerprint density at radius 2 is 1.95 bits per heavy atom. The van der Waals surface area contributed by atoms with E-state index in [1.165, 1.54) is 4.88 Å². The summed E-state index contributed by atoms with van der Waals surface area (Å²) in [5.74, 6) is 0. The van der Waals surface area contributed by atoms with Crippen LogP contribution in [0.25, 0.3) is 0 Å². The summed E-state index contributed by atoms with van der Waals surface area (Å²) in [4.78, 5) is 1.22. The minimum Gasteiger partial charge on any atom is -0.309 e. The number of hydrogen-bond acceptors (Lipinski definition) is 2. The first-order chi connectivity index (χ1) is 9.61. The maximum Gasteiger partial charge on any atom is 0.0931 e. The van der Waals surface area contributed by atoms with Gasteiger partial charge in [-0.3, -0.25) is 0 Å². The molecule has 20 heavy (non-hydrogen) atoms. The van der Waals surface area contributed by atoms with E-state index < -0.39 is 0 Å². The molecule has 0 radical (unpaired) electrons. The SMILES string of the molecule is CCCNC(Cc1cccc(Cl)c1Cl)c1ccc(Cl)s1. The maximum atomic E-state index is 6.28. The summed E-state index contributed by atoms with van der Waals surface area (Å²) in [6.45, 7) is 3.11. The Morgan fingerprint density at radius 3 is 2.60 bits per heavy atom. The standard InChI is InChI=1S/C15H16Cl3NS/c1-2-8-19-12(13-6-7-14(17)20-13)9-10-4-3-5-11(16)15(10)18/h3-7,12,19H,2,8-9H2,1H3. The molecule has 108 valence electrons. The van der Waals surface area contributed by atoms with Gasteiger partial charge in [-0.1, -0.05) is 53.9 Å². The predicted molar refractivity (Wildman–Crippen MR) is 90.5 cm³/mol. The summed E-state index contributed by atoms with van der Waals surface area (Å²) >= 11 is 20.0. The van der Waals surface area contributed by atoms with Gasteiger partial charge in [0.1, 0.15) is 0 Å². The van der Waals surface area contributed by atoms with Gasteiger partial charge in [0, 0.05) is 10.9 Å². The molecule has 0 aliphatic carbocycles. The largest absolute Gasteiger partial charge is 0.309 e. The van der Waals surface area contributed by atoms with Crippen molar-refractivity contribution in [3.8, 4) is 0 Å². The van der Waals surface area contributed by atoms with E-state index in [0.717, 1.165) is 29.3 Å². The summed E-state index contributed by atoms with van der Waals surface area (Å²) in [6.07, 6.45) is 1.88. The Balaban J connectivity index is 2.21. The molecule has 0 aliphatic heterocycles. The van der Waals surface area contributed by atoms with E-state index in [9.17, 15) is 0 Å². The topological polar surface area (TPSA) is 12.0 Å². The van der Waals surface area contributed by atoms with Gasteiger partial charge >= 0.3 is 0 Å². The first kappa shape index (κ1) is 16.1. The van der Waals surface area contributed by atoms with Crippen LogP contribution in [0, 0.1) is 0 Å². The molecule has 1 heterocycles. The van der Waals surface area contributed by atoms with Crippen LogP contribution < -0.4 is 5.32 Å². The Morgan fingerprint density at radius 1 is 1.15 bits per heavy atom. The average molecular weight is 349 g/mol. The van der Waals surface area contributed by atoms with Crippen LogP contribution in [0.15, 0.2) is 30.3 Å². The molecule has 2 rings (SSSR count). The van der Waals surface area contributed by atoms with Crippen LogP contribution in [0.5, 0.6) is 0 Å². The molecule has 0 fully saturated rings. The average Bonchev–Trinajstić information content (AvgIpc) is 2.86. The van der Waals surface area contributed by atoms with E-state index in [0.29, 0.717) is 10.0 Å². The molecule has 1 unspecified atom stereocenters. The summed E-state index contributed by atoms with van der Waals surface area (Å²) < 4.78 is 0.806. The molecule has 1 nitrogen and oxygen atoms in total. The number of halogens is 3. The van der Waals surface area contributed by atoms with Crippen LogP contribution in [0.3, 0.4) is 0 Å². The summed E-state index contributed by atoms with van der Waals surface area (Å²) in [5, 5.41) is 4.78. The van der Waals surface area contributed by atoms with Gasteiger partial charge in [0.2, 0.25) is 0 Å². The first-order valence-corrected chi connectivity index (χ1v) is 8.48. The lowest BCUT2D eigenvalue weighted by Crippen LogP contribution is -2.23. The number of thiophene rings is 1. The lowest BCUT2D eigenvalue weighted by atomic mass is 10.0. The number of rotatable bonds is 6. The molecule has 1 N–H and O–H groups in total. The van der Waals surface area contributed by atoms with Crippen molar-refractivity contribution in [2.75, 3.05) is 6.54 Å². The minimum atomic E-state index is 0.211. The van der Waals surface area contributed by atoms with Crippen molar-refractivity contribution in [1.29, 1.82) is 0 Å². The minimum absolute atomic E-state index is 0.211.